The van der Waals surface area contributed by atoms with E-state index in [1.807, 2.05) is 49.4 Å². The quantitative estimate of drug-likeness (QED) is 0.582. The van der Waals surface area contributed by atoms with Gasteiger partial charge in [0.1, 0.15) is 0 Å². The molecule has 0 fully saturated rings. The summed E-state index contributed by atoms with van der Waals surface area (Å²) < 4.78 is 0. The molecule has 0 N–H and O–H groups in total. The monoisotopic (exact) mass is 215 g/mol. The molecule has 0 bridgehead atoms. The maximum absolute atomic E-state index is 10.5. The van der Waals surface area contributed by atoms with Crippen molar-refractivity contribution in [2.45, 2.75) is 12.8 Å². The molecule has 0 amide bonds. The lowest BCUT2D eigenvalue weighted by Crippen LogP contribution is -2.09. The summed E-state index contributed by atoms with van der Waals surface area (Å²) in [4.78, 5) is 10.3. The largest absolute Gasteiger partial charge is 0.265 e. The highest BCUT2D eigenvalue weighted by Crippen LogP contribution is 2.25. The SMILES string of the molecule is CC(C[N+](=O)[O-])c1cccc2ccccc12. The smallest absolute Gasteiger partial charge is 0.210 e. The van der Waals surface area contributed by atoms with Crippen molar-refractivity contribution >= 4 is 10.8 Å². The van der Waals surface area contributed by atoms with Crippen LogP contribution in [0.3, 0.4) is 0 Å². The summed E-state index contributed by atoms with van der Waals surface area (Å²) in [6.07, 6.45) is 0. The topological polar surface area (TPSA) is 43.1 Å². The molecule has 0 aromatic heterocycles. The van der Waals surface area contributed by atoms with Crippen LogP contribution in [0.15, 0.2) is 42.5 Å². The van der Waals surface area contributed by atoms with Crippen molar-refractivity contribution in [1.82, 2.24) is 0 Å². The van der Waals surface area contributed by atoms with Crippen molar-refractivity contribution < 1.29 is 4.92 Å². The maximum Gasteiger partial charge on any atom is 0.210 e. The van der Waals surface area contributed by atoms with E-state index in [0.717, 1.165) is 16.3 Å². The predicted molar refractivity (Wildman–Crippen MR) is 64.2 cm³/mol. The van der Waals surface area contributed by atoms with Gasteiger partial charge in [-0.2, -0.15) is 0 Å². The van der Waals surface area contributed by atoms with Crippen LogP contribution in [-0.4, -0.2) is 11.5 Å². The minimum absolute atomic E-state index is 0.0198. The molecule has 0 spiro atoms. The zero-order valence-corrected chi connectivity index (χ0v) is 9.09. The summed E-state index contributed by atoms with van der Waals surface area (Å²) in [5, 5.41) is 12.8. The molecule has 3 nitrogen and oxygen atoms in total. The molecule has 82 valence electrons. The summed E-state index contributed by atoms with van der Waals surface area (Å²) in [6.45, 7) is 1.87. The highest BCUT2D eigenvalue weighted by atomic mass is 16.6. The van der Waals surface area contributed by atoms with Gasteiger partial charge in [-0.3, -0.25) is 10.1 Å². The van der Waals surface area contributed by atoms with E-state index in [9.17, 15) is 10.1 Å². The van der Waals surface area contributed by atoms with Crippen LogP contribution in [-0.2, 0) is 0 Å². The Morgan fingerprint density at radius 1 is 1.19 bits per heavy atom. The lowest BCUT2D eigenvalue weighted by atomic mass is 9.95. The van der Waals surface area contributed by atoms with Gasteiger partial charge >= 0.3 is 0 Å². The van der Waals surface area contributed by atoms with E-state index in [-0.39, 0.29) is 17.4 Å². The third-order valence-electron chi connectivity index (χ3n) is 2.78. The average Bonchev–Trinajstić information content (AvgIpc) is 2.27. The summed E-state index contributed by atoms with van der Waals surface area (Å²) in [6, 6.07) is 13.9. The molecule has 0 saturated carbocycles. The van der Waals surface area contributed by atoms with Gasteiger partial charge in [-0.05, 0) is 16.3 Å². The van der Waals surface area contributed by atoms with E-state index < -0.39 is 0 Å². The van der Waals surface area contributed by atoms with Crippen LogP contribution >= 0.6 is 0 Å². The number of fused-ring (bicyclic) bond motifs is 1. The van der Waals surface area contributed by atoms with E-state index in [2.05, 4.69) is 0 Å². The first-order valence-corrected chi connectivity index (χ1v) is 5.28. The third kappa shape index (κ3) is 2.03. The first-order chi connectivity index (χ1) is 7.68. The first kappa shape index (κ1) is 10.6. The Bertz CT molecular complexity index is 517. The van der Waals surface area contributed by atoms with Crippen molar-refractivity contribution in [3.8, 4) is 0 Å². The maximum atomic E-state index is 10.5. The second kappa shape index (κ2) is 4.31. The molecule has 0 radical (unpaired) electrons. The van der Waals surface area contributed by atoms with Crippen LogP contribution in [0.5, 0.6) is 0 Å². The molecule has 2 aromatic carbocycles. The van der Waals surface area contributed by atoms with Gasteiger partial charge in [0.25, 0.3) is 0 Å². The average molecular weight is 215 g/mol. The predicted octanol–water partition coefficient (Wildman–Crippen LogP) is 3.22. The molecule has 0 aliphatic rings. The molecular weight excluding hydrogens is 202 g/mol. The molecule has 2 aromatic rings. The lowest BCUT2D eigenvalue weighted by molar-refractivity contribution is -0.482. The zero-order valence-electron chi connectivity index (χ0n) is 9.09. The Kier molecular flexibility index (Phi) is 2.86. The second-order valence-electron chi connectivity index (χ2n) is 3.98. The standard InChI is InChI=1S/C13H13NO2/c1-10(9-14(15)16)12-8-4-6-11-5-2-3-7-13(11)12/h2-8,10H,9H2,1H3. The van der Waals surface area contributed by atoms with Crippen molar-refractivity contribution in [1.29, 1.82) is 0 Å². The van der Waals surface area contributed by atoms with Crippen LogP contribution in [0.4, 0.5) is 0 Å². The number of nitro groups is 1. The molecule has 0 saturated heterocycles. The Hall–Kier alpha value is -1.90. The van der Waals surface area contributed by atoms with Gasteiger partial charge in [-0.15, -0.1) is 0 Å². The molecule has 1 atom stereocenters. The van der Waals surface area contributed by atoms with Gasteiger partial charge in [-0.1, -0.05) is 49.4 Å². The van der Waals surface area contributed by atoms with Gasteiger partial charge in [0.05, 0.1) is 0 Å². The minimum Gasteiger partial charge on any atom is -0.265 e. The molecule has 0 heterocycles. The second-order valence-corrected chi connectivity index (χ2v) is 3.98. The molecule has 1 unspecified atom stereocenters. The van der Waals surface area contributed by atoms with Crippen LogP contribution in [0, 0.1) is 10.1 Å². The van der Waals surface area contributed by atoms with Crippen molar-refractivity contribution in [3.05, 3.63) is 58.1 Å². The van der Waals surface area contributed by atoms with Gasteiger partial charge in [0, 0.05) is 10.8 Å². The molecule has 0 aliphatic carbocycles. The number of hydrogen-bond donors (Lipinski definition) is 0. The Labute approximate surface area is 93.9 Å². The van der Waals surface area contributed by atoms with E-state index >= 15 is 0 Å². The lowest BCUT2D eigenvalue weighted by Gasteiger charge is -2.10. The van der Waals surface area contributed by atoms with Crippen LogP contribution in [0.2, 0.25) is 0 Å². The highest BCUT2D eigenvalue weighted by Gasteiger charge is 2.14. The fourth-order valence-electron chi connectivity index (χ4n) is 2.00. The Morgan fingerprint density at radius 2 is 1.88 bits per heavy atom. The van der Waals surface area contributed by atoms with E-state index in [0.29, 0.717) is 0 Å². The van der Waals surface area contributed by atoms with E-state index in [1.165, 1.54) is 0 Å². The molecular formula is C13H13NO2. The van der Waals surface area contributed by atoms with Crippen molar-refractivity contribution in [2.75, 3.05) is 6.54 Å². The normalized spacial score (nSPS) is 12.6. The van der Waals surface area contributed by atoms with Crippen molar-refractivity contribution in [3.63, 3.8) is 0 Å². The first-order valence-electron chi connectivity index (χ1n) is 5.28. The summed E-state index contributed by atoms with van der Waals surface area (Å²) >= 11 is 0. The van der Waals surface area contributed by atoms with E-state index in [1.54, 1.807) is 0 Å². The fraction of sp³-hybridized carbons (Fsp3) is 0.231. The molecule has 3 heteroatoms. The fourth-order valence-corrected chi connectivity index (χ4v) is 2.00. The minimum atomic E-state index is -0.258. The number of hydrogen-bond acceptors (Lipinski definition) is 2. The van der Waals surface area contributed by atoms with Crippen LogP contribution < -0.4 is 0 Å². The molecule has 0 aliphatic heterocycles. The van der Waals surface area contributed by atoms with Crippen LogP contribution in [0.1, 0.15) is 18.4 Å². The summed E-state index contributed by atoms with van der Waals surface area (Å²) in [5.74, 6) is -0.0545. The van der Waals surface area contributed by atoms with Gasteiger partial charge in [0.2, 0.25) is 6.54 Å². The number of benzene rings is 2. The molecule has 16 heavy (non-hydrogen) atoms. The highest BCUT2D eigenvalue weighted by molar-refractivity contribution is 5.86. The zero-order chi connectivity index (χ0) is 11.5. The Balaban J connectivity index is 2.47. The van der Waals surface area contributed by atoms with Crippen molar-refractivity contribution in [2.24, 2.45) is 0 Å². The van der Waals surface area contributed by atoms with Gasteiger partial charge in [-0.25, -0.2) is 0 Å². The molecule has 2 rings (SSSR count). The number of rotatable bonds is 3. The summed E-state index contributed by atoms with van der Waals surface area (Å²) in [5.41, 5.74) is 1.05. The van der Waals surface area contributed by atoms with Gasteiger partial charge < -0.3 is 0 Å². The number of nitrogens with zero attached hydrogens (tertiary/aromatic N) is 1. The Morgan fingerprint density at radius 3 is 2.62 bits per heavy atom. The van der Waals surface area contributed by atoms with Gasteiger partial charge in [0.15, 0.2) is 0 Å². The third-order valence-corrected chi connectivity index (χ3v) is 2.78. The summed E-state index contributed by atoms with van der Waals surface area (Å²) in [7, 11) is 0. The van der Waals surface area contributed by atoms with Crippen LogP contribution in [0.25, 0.3) is 10.8 Å². The van der Waals surface area contributed by atoms with E-state index in [4.69, 9.17) is 0 Å².